The Hall–Kier alpha value is -0.910. The molecule has 5 heteroatoms. The topological polar surface area (TPSA) is 44.4 Å². The summed E-state index contributed by atoms with van der Waals surface area (Å²) >= 11 is 3.58. The summed E-state index contributed by atoms with van der Waals surface area (Å²) in [6.45, 7) is 2.39. The molecule has 0 saturated carbocycles. The van der Waals surface area contributed by atoms with E-state index in [2.05, 4.69) is 31.5 Å². The van der Waals surface area contributed by atoms with E-state index < -0.39 is 0 Å². The highest BCUT2D eigenvalue weighted by atomic mass is 79.9. The van der Waals surface area contributed by atoms with Gasteiger partial charge >= 0.3 is 0 Å². The van der Waals surface area contributed by atoms with Gasteiger partial charge in [0.25, 0.3) is 0 Å². The number of hydrogen-bond acceptors (Lipinski definition) is 3. The lowest BCUT2D eigenvalue weighted by Crippen LogP contribution is -2.43. The highest BCUT2D eigenvalue weighted by Crippen LogP contribution is 2.38. The van der Waals surface area contributed by atoms with Crippen LogP contribution in [0.4, 0.5) is 5.69 Å². The molecule has 1 aromatic rings. The molecule has 0 bridgehead atoms. The first-order chi connectivity index (χ1) is 9.74. The Bertz CT molecular complexity index is 562. The fourth-order valence-corrected chi connectivity index (χ4v) is 4.52. The number of halogens is 1. The molecule has 1 amide bonds. The zero-order chi connectivity index (χ0) is 13.7. The first-order valence-corrected chi connectivity index (χ1v) is 8.13. The van der Waals surface area contributed by atoms with E-state index in [1.807, 2.05) is 18.2 Å². The molecule has 3 unspecified atom stereocenters. The number of rotatable bonds is 2. The van der Waals surface area contributed by atoms with Gasteiger partial charge in [-0.2, -0.15) is 0 Å². The standard InChI is InChI=1S/C15H18BrN3O/c16-9-3-1-4-11-13(9)14(15(20)18-11)17-10-6-8-19-7-2-5-12(10)19/h1,3-4,10,12,14,17H,2,5-8H2,(H,18,20). The normalized spacial score (nSPS) is 32.2. The minimum Gasteiger partial charge on any atom is -0.324 e. The molecule has 20 heavy (non-hydrogen) atoms. The minimum atomic E-state index is -0.217. The zero-order valence-corrected chi connectivity index (χ0v) is 12.8. The lowest BCUT2D eigenvalue weighted by atomic mass is 10.0. The molecule has 0 aromatic heterocycles. The number of amides is 1. The average molecular weight is 336 g/mol. The summed E-state index contributed by atoms with van der Waals surface area (Å²) in [5.74, 6) is 0.0725. The van der Waals surface area contributed by atoms with Crippen LogP contribution in [0, 0.1) is 0 Å². The molecular weight excluding hydrogens is 318 g/mol. The minimum absolute atomic E-state index is 0.0725. The van der Waals surface area contributed by atoms with E-state index >= 15 is 0 Å². The first-order valence-electron chi connectivity index (χ1n) is 7.33. The summed E-state index contributed by atoms with van der Waals surface area (Å²) in [5.41, 5.74) is 2.00. The predicted molar refractivity (Wildman–Crippen MR) is 81.6 cm³/mol. The third-order valence-electron chi connectivity index (χ3n) is 4.85. The van der Waals surface area contributed by atoms with Crippen molar-refractivity contribution in [2.75, 3.05) is 18.4 Å². The van der Waals surface area contributed by atoms with Crippen LogP contribution < -0.4 is 10.6 Å². The van der Waals surface area contributed by atoms with Crippen molar-refractivity contribution in [1.82, 2.24) is 10.2 Å². The van der Waals surface area contributed by atoms with Crippen LogP contribution in [0.5, 0.6) is 0 Å². The van der Waals surface area contributed by atoms with Crippen molar-refractivity contribution in [3.05, 3.63) is 28.2 Å². The van der Waals surface area contributed by atoms with Crippen LogP contribution in [0.3, 0.4) is 0 Å². The highest BCUT2D eigenvalue weighted by Gasteiger charge is 2.41. The van der Waals surface area contributed by atoms with Crippen molar-refractivity contribution in [2.24, 2.45) is 0 Å². The largest absolute Gasteiger partial charge is 0.324 e. The first kappa shape index (κ1) is 12.8. The molecular formula is C15H18BrN3O. The van der Waals surface area contributed by atoms with Gasteiger partial charge in [0.15, 0.2) is 0 Å². The summed E-state index contributed by atoms with van der Waals surface area (Å²) in [7, 11) is 0. The lowest BCUT2D eigenvalue weighted by molar-refractivity contribution is -0.117. The maximum atomic E-state index is 12.3. The number of nitrogens with zero attached hydrogens (tertiary/aromatic N) is 1. The van der Waals surface area contributed by atoms with E-state index in [0.29, 0.717) is 12.1 Å². The van der Waals surface area contributed by atoms with Crippen molar-refractivity contribution < 1.29 is 4.79 Å². The number of hydrogen-bond donors (Lipinski definition) is 2. The molecule has 0 aliphatic carbocycles. The molecule has 3 atom stereocenters. The molecule has 4 nitrogen and oxygen atoms in total. The lowest BCUT2D eigenvalue weighted by Gasteiger charge is -2.24. The highest BCUT2D eigenvalue weighted by molar-refractivity contribution is 9.10. The van der Waals surface area contributed by atoms with Crippen LogP contribution in [0.15, 0.2) is 22.7 Å². The summed E-state index contributed by atoms with van der Waals surface area (Å²) in [5, 5.41) is 6.59. The van der Waals surface area contributed by atoms with Crippen LogP contribution in [0.2, 0.25) is 0 Å². The summed E-state index contributed by atoms with van der Waals surface area (Å²) in [6.07, 6.45) is 3.70. The number of fused-ring (bicyclic) bond motifs is 2. The van der Waals surface area contributed by atoms with Gasteiger partial charge in [-0.05, 0) is 37.9 Å². The Morgan fingerprint density at radius 3 is 3.10 bits per heavy atom. The van der Waals surface area contributed by atoms with Crippen molar-refractivity contribution >= 4 is 27.5 Å². The molecule has 2 N–H and O–H groups in total. The average Bonchev–Trinajstić information content (AvgIpc) is 3.07. The molecule has 3 aliphatic heterocycles. The van der Waals surface area contributed by atoms with Gasteiger partial charge in [-0.3, -0.25) is 15.0 Å². The van der Waals surface area contributed by atoms with Gasteiger partial charge in [-0.15, -0.1) is 0 Å². The fraction of sp³-hybridized carbons (Fsp3) is 0.533. The number of benzene rings is 1. The van der Waals surface area contributed by atoms with Crippen molar-refractivity contribution in [2.45, 2.75) is 37.4 Å². The van der Waals surface area contributed by atoms with Gasteiger partial charge in [0.2, 0.25) is 5.91 Å². The maximum absolute atomic E-state index is 12.3. The molecule has 106 valence electrons. The van der Waals surface area contributed by atoms with Gasteiger partial charge in [0.05, 0.1) is 0 Å². The summed E-state index contributed by atoms with van der Waals surface area (Å²) in [4.78, 5) is 14.8. The number of anilines is 1. The molecule has 3 heterocycles. The van der Waals surface area contributed by atoms with Crippen LogP contribution in [0.25, 0.3) is 0 Å². The van der Waals surface area contributed by atoms with Gasteiger partial charge in [-0.1, -0.05) is 22.0 Å². The van der Waals surface area contributed by atoms with E-state index in [9.17, 15) is 4.79 Å². The number of carbonyl (C=O) groups is 1. The smallest absolute Gasteiger partial charge is 0.246 e. The predicted octanol–water partition coefficient (Wildman–Crippen LogP) is 2.27. The summed E-state index contributed by atoms with van der Waals surface area (Å²) < 4.78 is 1.01. The van der Waals surface area contributed by atoms with Crippen molar-refractivity contribution in [3.63, 3.8) is 0 Å². The molecule has 2 saturated heterocycles. The zero-order valence-electron chi connectivity index (χ0n) is 11.2. The van der Waals surface area contributed by atoms with E-state index in [4.69, 9.17) is 0 Å². The second kappa shape index (κ2) is 4.83. The molecule has 0 spiro atoms. The Kier molecular flexibility index (Phi) is 3.09. The molecule has 2 fully saturated rings. The third-order valence-corrected chi connectivity index (χ3v) is 5.54. The van der Waals surface area contributed by atoms with Crippen molar-refractivity contribution in [3.8, 4) is 0 Å². The molecule has 1 aromatic carbocycles. The number of carbonyl (C=O) groups excluding carboxylic acids is 1. The molecule has 3 aliphatic rings. The van der Waals surface area contributed by atoms with Gasteiger partial charge in [-0.25, -0.2) is 0 Å². The summed E-state index contributed by atoms with van der Waals surface area (Å²) in [6, 6.07) is 6.77. The Morgan fingerprint density at radius 2 is 2.20 bits per heavy atom. The van der Waals surface area contributed by atoms with Crippen LogP contribution >= 0.6 is 15.9 Å². The fourth-order valence-electron chi connectivity index (χ4n) is 3.93. The Morgan fingerprint density at radius 1 is 1.30 bits per heavy atom. The second-order valence-corrected chi connectivity index (χ2v) is 6.79. The third kappa shape index (κ3) is 1.91. The maximum Gasteiger partial charge on any atom is 0.246 e. The molecule has 0 radical (unpaired) electrons. The second-order valence-electron chi connectivity index (χ2n) is 5.93. The van der Waals surface area contributed by atoms with E-state index in [1.54, 1.807) is 0 Å². The van der Waals surface area contributed by atoms with Crippen LogP contribution in [-0.4, -0.2) is 36.0 Å². The van der Waals surface area contributed by atoms with Gasteiger partial charge in [0.1, 0.15) is 6.04 Å². The Balaban J connectivity index is 1.59. The van der Waals surface area contributed by atoms with Gasteiger partial charge in [0, 0.05) is 34.4 Å². The van der Waals surface area contributed by atoms with Crippen molar-refractivity contribution in [1.29, 1.82) is 0 Å². The van der Waals surface area contributed by atoms with E-state index in [1.165, 1.54) is 25.9 Å². The Labute approximate surface area is 127 Å². The van der Waals surface area contributed by atoms with E-state index in [0.717, 1.165) is 22.1 Å². The van der Waals surface area contributed by atoms with Gasteiger partial charge < -0.3 is 5.32 Å². The van der Waals surface area contributed by atoms with E-state index in [-0.39, 0.29) is 11.9 Å². The van der Waals surface area contributed by atoms with Crippen LogP contribution in [0.1, 0.15) is 30.9 Å². The molecule has 4 rings (SSSR count). The quantitative estimate of drug-likeness (QED) is 0.871. The van der Waals surface area contributed by atoms with Crippen LogP contribution in [-0.2, 0) is 4.79 Å². The monoisotopic (exact) mass is 335 g/mol. The SMILES string of the molecule is O=C1Nc2cccc(Br)c2C1NC1CCN2CCCC12. The number of nitrogens with one attached hydrogen (secondary N) is 2.